The fourth-order valence-corrected chi connectivity index (χ4v) is 2.34. The van der Waals surface area contributed by atoms with Gasteiger partial charge in [0.05, 0.1) is 17.1 Å². The first-order valence-electron chi connectivity index (χ1n) is 6.20. The highest BCUT2D eigenvalue weighted by atomic mass is 16.6. The summed E-state index contributed by atoms with van der Waals surface area (Å²) in [5.74, 6) is 0.660. The SMILES string of the molecule is CCC1(CNc2cc([N+](=O)[O-])cc(N)n2)CCC1. The third kappa shape index (κ3) is 2.52. The van der Waals surface area contributed by atoms with Crippen molar-refractivity contribution in [2.75, 3.05) is 17.6 Å². The first-order valence-corrected chi connectivity index (χ1v) is 6.20. The van der Waals surface area contributed by atoms with Gasteiger partial charge in [0.1, 0.15) is 11.6 Å². The average molecular weight is 250 g/mol. The number of nitrogens with two attached hydrogens (primary N) is 1. The quantitative estimate of drug-likeness (QED) is 0.618. The summed E-state index contributed by atoms with van der Waals surface area (Å²) in [6.07, 6.45) is 4.80. The predicted molar refractivity (Wildman–Crippen MR) is 70.4 cm³/mol. The van der Waals surface area contributed by atoms with Gasteiger partial charge in [-0.05, 0) is 24.7 Å². The Bertz CT molecular complexity index is 452. The Morgan fingerprint density at radius 2 is 2.28 bits per heavy atom. The Kier molecular flexibility index (Phi) is 3.36. The van der Waals surface area contributed by atoms with Gasteiger partial charge in [0, 0.05) is 6.54 Å². The molecule has 0 amide bonds. The Hall–Kier alpha value is -1.85. The Balaban J connectivity index is 2.07. The van der Waals surface area contributed by atoms with E-state index in [0.717, 1.165) is 13.0 Å². The summed E-state index contributed by atoms with van der Waals surface area (Å²) < 4.78 is 0. The summed E-state index contributed by atoms with van der Waals surface area (Å²) in [5.41, 5.74) is 5.87. The van der Waals surface area contributed by atoms with Crippen LogP contribution in [-0.4, -0.2) is 16.5 Å². The summed E-state index contributed by atoms with van der Waals surface area (Å²) in [6.45, 7) is 2.98. The van der Waals surface area contributed by atoms with Crippen molar-refractivity contribution in [1.82, 2.24) is 4.98 Å². The van der Waals surface area contributed by atoms with Crippen LogP contribution in [0.15, 0.2) is 12.1 Å². The van der Waals surface area contributed by atoms with Crippen LogP contribution in [0, 0.1) is 15.5 Å². The van der Waals surface area contributed by atoms with Gasteiger partial charge in [0.15, 0.2) is 0 Å². The Morgan fingerprint density at radius 3 is 2.78 bits per heavy atom. The van der Waals surface area contributed by atoms with Crippen LogP contribution < -0.4 is 11.1 Å². The van der Waals surface area contributed by atoms with E-state index in [-0.39, 0.29) is 11.5 Å². The lowest BCUT2D eigenvalue weighted by molar-refractivity contribution is -0.384. The summed E-state index contributed by atoms with van der Waals surface area (Å²) in [5, 5.41) is 13.9. The molecule has 1 aliphatic rings. The second kappa shape index (κ2) is 4.80. The highest BCUT2D eigenvalue weighted by Crippen LogP contribution is 2.43. The van der Waals surface area contributed by atoms with Gasteiger partial charge in [0.2, 0.25) is 0 Å². The summed E-state index contributed by atoms with van der Waals surface area (Å²) in [7, 11) is 0. The molecular formula is C12H18N4O2. The highest BCUT2D eigenvalue weighted by Gasteiger charge is 2.34. The number of nitrogens with one attached hydrogen (secondary N) is 1. The van der Waals surface area contributed by atoms with E-state index in [1.165, 1.54) is 31.4 Å². The minimum absolute atomic E-state index is 0.0239. The molecule has 0 spiro atoms. The Labute approximate surface area is 106 Å². The molecule has 1 aromatic heterocycles. The number of aromatic nitrogens is 1. The fourth-order valence-electron chi connectivity index (χ4n) is 2.34. The molecule has 0 aliphatic heterocycles. The van der Waals surface area contributed by atoms with Crippen LogP contribution in [0.3, 0.4) is 0 Å². The zero-order valence-corrected chi connectivity index (χ0v) is 10.5. The number of anilines is 2. The van der Waals surface area contributed by atoms with Gasteiger partial charge in [-0.15, -0.1) is 0 Å². The first kappa shape index (κ1) is 12.6. The van der Waals surface area contributed by atoms with E-state index in [9.17, 15) is 10.1 Å². The molecule has 2 rings (SSSR count). The van der Waals surface area contributed by atoms with Crippen LogP contribution in [-0.2, 0) is 0 Å². The van der Waals surface area contributed by atoms with Crippen molar-refractivity contribution in [3.05, 3.63) is 22.2 Å². The maximum atomic E-state index is 10.7. The maximum absolute atomic E-state index is 10.7. The van der Waals surface area contributed by atoms with Gasteiger partial charge >= 0.3 is 0 Å². The average Bonchev–Trinajstić information content (AvgIpc) is 2.27. The van der Waals surface area contributed by atoms with Crippen molar-refractivity contribution >= 4 is 17.3 Å². The lowest BCUT2D eigenvalue weighted by Gasteiger charge is -2.41. The molecule has 0 atom stereocenters. The number of hydrogen-bond acceptors (Lipinski definition) is 5. The number of pyridine rings is 1. The zero-order chi connectivity index (χ0) is 13.2. The molecule has 98 valence electrons. The van der Waals surface area contributed by atoms with E-state index < -0.39 is 4.92 Å². The molecular weight excluding hydrogens is 232 g/mol. The molecule has 0 bridgehead atoms. The van der Waals surface area contributed by atoms with Crippen molar-refractivity contribution in [3.8, 4) is 0 Å². The van der Waals surface area contributed by atoms with Gasteiger partial charge in [-0.3, -0.25) is 10.1 Å². The van der Waals surface area contributed by atoms with Crippen LogP contribution in [0.1, 0.15) is 32.6 Å². The van der Waals surface area contributed by atoms with E-state index in [1.54, 1.807) is 0 Å². The summed E-state index contributed by atoms with van der Waals surface area (Å²) in [6, 6.07) is 2.70. The number of nitrogen functional groups attached to an aromatic ring is 1. The molecule has 18 heavy (non-hydrogen) atoms. The van der Waals surface area contributed by atoms with Crippen LogP contribution in [0.25, 0.3) is 0 Å². The van der Waals surface area contributed by atoms with Crippen LogP contribution >= 0.6 is 0 Å². The van der Waals surface area contributed by atoms with Crippen LogP contribution in [0.5, 0.6) is 0 Å². The minimum atomic E-state index is -0.456. The lowest BCUT2D eigenvalue weighted by Crippen LogP contribution is -2.36. The second-order valence-electron chi connectivity index (χ2n) is 4.95. The molecule has 6 heteroatoms. The van der Waals surface area contributed by atoms with Crippen LogP contribution in [0.2, 0.25) is 0 Å². The molecule has 3 N–H and O–H groups in total. The molecule has 1 saturated carbocycles. The topological polar surface area (TPSA) is 94.1 Å². The largest absolute Gasteiger partial charge is 0.383 e. The zero-order valence-electron chi connectivity index (χ0n) is 10.5. The molecule has 0 unspecified atom stereocenters. The van der Waals surface area contributed by atoms with E-state index in [2.05, 4.69) is 17.2 Å². The Morgan fingerprint density at radius 1 is 1.56 bits per heavy atom. The monoisotopic (exact) mass is 250 g/mol. The van der Waals surface area contributed by atoms with Crippen molar-refractivity contribution in [2.24, 2.45) is 5.41 Å². The highest BCUT2D eigenvalue weighted by molar-refractivity contribution is 5.52. The number of rotatable bonds is 5. The third-order valence-electron chi connectivity index (χ3n) is 3.85. The molecule has 0 saturated heterocycles. The minimum Gasteiger partial charge on any atom is -0.383 e. The smallest absolute Gasteiger partial charge is 0.276 e. The molecule has 1 heterocycles. The van der Waals surface area contributed by atoms with Crippen molar-refractivity contribution in [2.45, 2.75) is 32.6 Å². The maximum Gasteiger partial charge on any atom is 0.276 e. The van der Waals surface area contributed by atoms with E-state index >= 15 is 0 Å². The van der Waals surface area contributed by atoms with Gasteiger partial charge < -0.3 is 11.1 Å². The molecule has 0 aromatic carbocycles. The van der Waals surface area contributed by atoms with Gasteiger partial charge in [-0.2, -0.15) is 0 Å². The van der Waals surface area contributed by atoms with Crippen molar-refractivity contribution in [3.63, 3.8) is 0 Å². The van der Waals surface area contributed by atoms with Gasteiger partial charge in [-0.25, -0.2) is 4.98 Å². The van der Waals surface area contributed by atoms with Crippen LogP contribution in [0.4, 0.5) is 17.3 Å². The molecule has 1 fully saturated rings. The number of nitrogens with zero attached hydrogens (tertiary/aromatic N) is 2. The third-order valence-corrected chi connectivity index (χ3v) is 3.85. The summed E-state index contributed by atoms with van der Waals surface area (Å²) >= 11 is 0. The van der Waals surface area contributed by atoms with E-state index in [0.29, 0.717) is 11.2 Å². The molecule has 0 radical (unpaired) electrons. The summed E-state index contributed by atoms with van der Waals surface area (Å²) in [4.78, 5) is 14.3. The lowest BCUT2D eigenvalue weighted by atomic mass is 9.67. The normalized spacial score (nSPS) is 16.9. The molecule has 1 aliphatic carbocycles. The van der Waals surface area contributed by atoms with Crippen molar-refractivity contribution in [1.29, 1.82) is 0 Å². The van der Waals surface area contributed by atoms with Crippen molar-refractivity contribution < 1.29 is 4.92 Å². The first-order chi connectivity index (χ1) is 8.54. The standard InChI is InChI=1S/C12H18N4O2/c1-2-12(4-3-5-12)8-14-11-7-9(16(17)18)6-10(13)15-11/h6-7H,2-5,8H2,1H3,(H3,13,14,15). The second-order valence-corrected chi connectivity index (χ2v) is 4.95. The van der Waals surface area contributed by atoms with E-state index in [4.69, 9.17) is 5.73 Å². The van der Waals surface area contributed by atoms with E-state index in [1.807, 2.05) is 0 Å². The fraction of sp³-hybridized carbons (Fsp3) is 0.583. The van der Waals surface area contributed by atoms with Gasteiger partial charge in [-0.1, -0.05) is 13.3 Å². The number of hydrogen-bond donors (Lipinski definition) is 2. The molecule has 1 aromatic rings. The number of nitro groups is 1. The predicted octanol–water partition coefficient (Wildman–Crippen LogP) is 2.56. The van der Waals surface area contributed by atoms with Gasteiger partial charge in [0.25, 0.3) is 5.69 Å². The molecule has 6 nitrogen and oxygen atoms in total.